The number of nitrogens with zero attached hydrogens (tertiary/aromatic N) is 2. The number of esters is 1. The lowest BCUT2D eigenvalue weighted by Gasteiger charge is -2.26. The molecule has 0 fully saturated rings. The molecule has 1 spiro atoms. The van der Waals surface area contributed by atoms with Crippen molar-refractivity contribution in [2.75, 3.05) is 18.9 Å². The molecule has 0 saturated heterocycles. The Bertz CT molecular complexity index is 1110. The van der Waals surface area contributed by atoms with E-state index < -0.39 is 11.4 Å². The topological polar surface area (TPSA) is 98.7 Å². The van der Waals surface area contributed by atoms with Crippen molar-refractivity contribution in [3.63, 3.8) is 0 Å². The van der Waals surface area contributed by atoms with Gasteiger partial charge in [-0.2, -0.15) is 4.98 Å². The monoisotopic (exact) mass is 375 g/mol. The Hall–Kier alpha value is -3.79. The lowest BCUT2D eigenvalue weighted by atomic mass is 9.74. The summed E-state index contributed by atoms with van der Waals surface area (Å²) in [4.78, 5) is 32.4. The average Bonchev–Trinajstić information content (AvgIpc) is 3.26. The van der Waals surface area contributed by atoms with Crippen LogP contribution < -0.4 is 5.73 Å². The maximum absolute atomic E-state index is 13.7. The molecule has 1 atom stereocenters. The van der Waals surface area contributed by atoms with E-state index in [9.17, 15) is 9.59 Å². The summed E-state index contributed by atoms with van der Waals surface area (Å²) in [5.41, 5.74) is 6.38. The van der Waals surface area contributed by atoms with Gasteiger partial charge in [0.05, 0.1) is 12.1 Å². The number of oxazole rings is 1. The lowest BCUT2D eigenvalue weighted by molar-refractivity contribution is -0.140. The lowest BCUT2D eigenvalue weighted by Crippen LogP contribution is -2.42. The van der Waals surface area contributed by atoms with Crippen LogP contribution in [0, 0.1) is 12.3 Å². The number of carbonyl (C=O) groups is 2. The van der Waals surface area contributed by atoms with Gasteiger partial charge in [0, 0.05) is 11.3 Å². The molecule has 2 heterocycles. The quantitative estimate of drug-likeness (QED) is 0.499. The third kappa shape index (κ3) is 2.03. The van der Waals surface area contributed by atoms with Crippen LogP contribution in [0.5, 0.6) is 0 Å². The maximum Gasteiger partial charge on any atom is 0.337 e. The Morgan fingerprint density at radius 2 is 2.25 bits per heavy atom. The number of carbonyl (C=O) groups excluding carboxylic acids is 2. The van der Waals surface area contributed by atoms with Crippen LogP contribution in [0.4, 0.5) is 6.01 Å². The van der Waals surface area contributed by atoms with E-state index in [4.69, 9.17) is 21.3 Å². The van der Waals surface area contributed by atoms with Crippen LogP contribution in [0.25, 0.3) is 11.3 Å². The third-order valence-corrected chi connectivity index (χ3v) is 5.07. The summed E-state index contributed by atoms with van der Waals surface area (Å²) in [5.74, 6) is 1.81. The minimum Gasteiger partial charge on any atom is -0.458 e. The molecule has 0 radical (unpaired) electrons. The summed E-state index contributed by atoms with van der Waals surface area (Å²) < 4.78 is 10.9. The smallest absolute Gasteiger partial charge is 0.337 e. The standard InChI is InChI=1S/C21H17N3O4/c1-4-10-24-12(3)15(18(25)27-11-5-2)21(19(24)26)14-9-7-6-8-13(14)16-17(21)23-20(22)28-16/h1,5-9H,2,10-11H2,3H3,(H2,22,23)/t21-/m1/s1. The van der Waals surface area contributed by atoms with Crippen molar-refractivity contribution in [3.05, 3.63) is 59.4 Å². The van der Waals surface area contributed by atoms with Gasteiger partial charge in [0.15, 0.2) is 11.2 Å². The number of terminal acetylenes is 1. The normalized spacial score (nSPS) is 19.6. The van der Waals surface area contributed by atoms with E-state index in [0.29, 0.717) is 22.6 Å². The number of nitrogen functional groups attached to an aromatic ring is 1. The number of fused-ring (bicyclic) bond motifs is 5. The molecule has 0 unspecified atom stereocenters. The van der Waals surface area contributed by atoms with E-state index in [-0.39, 0.29) is 36.3 Å². The number of nitrogens with two attached hydrogens (primary N) is 1. The zero-order chi connectivity index (χ0) is 20.1. The molecule has 1 aliphatic carbocycles. The SMILES string of the molecule is C#CCN1C(=O)[C@@]2(C(C(=O)OCC=C)=C1C)c1ccccc1-c1oc(N)nc12. The van der Waals surface area contributed by atoms with Crippen molar-refractivity contribution in [1.82, 2.24) is 9.88 Å². The summed E-state index contributed by atoms with van der Waals surface area (Å²) in [6.45, 7) is 5.24. The molecular weight excluding hydrogens is 358 g/mol. The Balaban J connectivity index is 2.05. The molecule has 4 rings (SSSR count). The minimum absolute atomic E-state index is 0.00445. The van der Waals surface area contributed by atoms with Crippen molar-refractivity contribution in [2.45, 2.75) is 12.3 Å². The molecule has 7 nitrogen and oxygen atoms in total. The van der Waals surface area contributed by atoms with Crippen LogP contribution in [0.15, 0.2) is 52.6 Å². The van der Waals surface area contributed by atoms with E-state index in [1.54, 1.807) is 25.1 Å². The first kappa shape index (κ1) is 17.6. The molecular formula is C21H17N3O4. The highest BCUT2D eigenvalue weighted by Gasteiger charge is 2.63. The van der Waals surface area contributed by atoms with E-state index in [1.807, 2.05) is 6.07 Å². The van der Waals surface area contributed by atoms with Crippen molar-refractivity contribution in [2.24, 2.45) is 0 Å². The summed E-state index contributed by atoms with van der Waals surface area (Å²) >= 11 is 0. The number of aromatic nitrogens is 1. The summed E-state index contributed by atoms with van der Waals surface area (Å²) in [5, 5.41) is 0. The minimum atomic E-state index is -1.51. The molecule has 7 heteroatoms. The highest BCUT2D eigenvalue weighted by molar-refractivity contribution is 6.14. The molecule has 2 aromatic rings. The van der Waals surface area contributed by atoms with Gasteiger partial charge < -0.3 is 19.8 Å². The fourth-order valence-corrected chi connectivity index (χ4v) is 4.04. The number of ether oxygens (including phenoxy) is 1. The van der Waals surface area contributed by atoms with Crippen molar-refractivity contribution >= 4 is 17.9 Å². The Morgan fingerprint density at radius 1 is 1.50 bits per heavy atom. The van der Waals surface area contributed by atoms with Gasteiger partial charge >= 0.3 is 5.97 Å². The maximum atomic E-state index is 13.7. The largest absolute Gasteiger partial charge is 0.458 e. The highest BCUT2D eigenvalue weighted by atomic mass is 16.5. The zero-order valence-corrected chi connectivity index (χ0v) is 15.2. The van der Waals surface area contributed by atoms with Crippen molar-refractivity contribution in [3.8, 4) is 23.7 Å². The number of rotatable bonds is 4. The number of hydrogen-bond donors (Lipinski definition) is 1. The van der Waals surface area contributed by atoms with Crippen LogP contribution in [0.2, 0.25) is 0 Å². The Kier molecular flexibility index (Phi) is 3.86. The summed E-state index contributed by atoms with van der Waals surface area (Å²) in [7, 11) is 0. The molecule has 2 aliphatic rings. The first-order valence-corrected chi connectivity index (χ1v) is 8.59. The van der Waals surface area contributed by atoms with Gasteiger partial charge in [-0.05, 0) is 12.5 Å². The van der Waals surface area contributed by atoms with E-state index in [0.717, 1.165) is 0 Å². The van der Waals surface area contributed by atoms with Gasteiger partial charge in [0.1, 0.15) is 12.3 Å². The summed E-state index contributed by atoms with van der Waals surface area (Å²) in [6.07, 6.45) is 6.92. The van der Waals surface area contributed by atoms with E-state index >= 15 is 0 Å². The molecule has 28 heavy (non-hydrogen) atoms. The molecule has 1 aliphatic heterocycles. The van der Waals surface area contributed by atoms with Gasteiger partial charge in [-0.1, -0.05) is 42.8 Å². The van der Waals surface area contributed by atoms with E-state index in [1.165, 1.54) is 11.0 Å². The second kappa shape index (κ2) is 6.13. The molecule has 140 valence electrons. The molecule has 1 aromatic heterocycles. The number of amides is 1. The van der Waals surface area contributed by atoms with Crippen LogP contribution in [-0.2, 0) is 19.7 Å². The molecule has 1 amide bonds. The predicted octanol–water partition coefficient (Wildman–Crippen LogP) is 2.00. The Labute approximate surface area is 161 Å². The van der Waals surface area contributed by atoms with Crippen LogP contribution in [-0.4, -0.2) is 34.9 Å². The van der Waals surface area contributed by atoms with E-state index in [2.05, 4.69) is 17.5 Å². The molecule has 0 saturated carbocycles. The zero-order valence-electron chi connectivity index (χ0n) is 15.2. The van der Waals surface area contributed by atoms with Gasteiger partial charge in [0.25, 0.3) is 6.01 Å². The van der Waals surface area contributed by atoms with Gasteiger partial charge in [-0.15, -0.1) is 6.42 Å². The first-order valence-electron chi connectivity index (χ1n) is 8.59. The number of benzene rings is 1. The fourth-order valence-electron chi connectivity index (χ4n) is 4.04. The second-order valence-electron chi connectivity index (χ2n) is 6.47. The number of hydrogen-bond acceptors (Lipinski definition) is 6. The summed E-state index contributed by atoms with van der Waals surface area (Å²) in [6, 6.07) is 7.08. The first-order chi connectivity index (χ1) is 13.5. The highest BCUT2D eigenvalue weighted by Crippen LogP contribution is 2.57. The third-order valence-electron chi connectivity index (χ3n) is 5.07. The fraction of sp³-hybridized carbons (Fsp3) is 0.190. The van der Waals surface area contributed by atoms with Gasteiger partial charge in [0.2, 0.25) is 5.91 Å². The van der Waals surface area contributed by atoms with Crippen LogP contribution in [0.1, 0.15) is 18.2 Å². The molecule has 2 N–H and O–H groups in total. The predicted molar refractivity (Wildman–Crippen MR) is 102 cm³/mol. The number of allylic oxidation sites excluding steroid dienone is 1. The Morgan fingerprint density at radius 3 is 2.96 bits per heavy atom. The second-order valence-corrected chi connectivity index (χ2v) is 6.47. The average molecular weight is 375 g/mol. The van der Waals surface area contributed by atoms with Gasteiger partial charge in [-0.25, -0.2) is 4.79 Å². The van der Waals surface area contributed by atoms with Crippen LogP contribution in [0.3, 0.4) is 0 Å². The van der Waals surface area contributed by atoms with Gasteiger partial charge in [-0.3, -0.25) is 4.79 Å². The van der Waals surface area contributed by atoms with Crippen molar-refractivity contribution in [1.29, 1.82) is 0 Å². The molecule has 0 bridgehead atoms. The van der Waals surface area contributed by atoms with Crippen LogP contribution >= 0.6 is 0 Å². The number of anilines is 1. The van der Waals surface area contributed by atoms with Crippen molar-refractivity contribution < 1.29 is 18.7 Å². The molecule has 1 aromatic carbocycles.